The summed E-state index contributed by atoms with van der Waals surface area (Å²) in [4.78, 5) is 29.5. The van der Waals surface area contributed by atoms with Crippen LogP contribution in [0.2, 0.25) is 0 Å². The number of carbonyl (C=O) groups is 1. The Morgan fingerprint density at radius 3 is 2.74 bits per heavy atom. The lowest BCUT2D eigenvalue weighted by molar-refractivity contribution is -0.137. The summed E-state index contributed by atoms with van der Waals surface area (Å²) in [5, 5.41) is 21.1. The Morgan fingerprint density at radius 1 is 1.18 bits per heavy atom. The highest BCUT2D eigenvalue weighted by Crippen LogP contribution is 2.36. The third-order valence-corrected chi connectivity index (χ3v) is 5.86. The highest BCUT2D eigenvalue weighted by atomic mass is 19.4. The molecule has 0 saturated heterocycles. The number of amides is 2. The van der Waals surface area contributed by atoms with E-state index < -0.39 is 30.5 Å². The number of ether oxygens (including phenoxy) is 1. The maximum atomic E-state index is 13.4. The SMILES string of the molecule is CCN1CCCN(C(=O)Nc2ccnc(OC[C@H](O)CO)n2)c2nc(-c3cccc(C(F)(F)F)c3)ccc21. The molecule has 13 heteroatoms. The number of fused-ring (bicyclic) bond motifs is 1. The number of urea groups is 1. The zero-order valence-corrected chi connectivity index (χ0v) is 20.5. The van der Waals surface area contributed by atoms with E-state index >= 15 is 0 Å². The van der Waals surface area contributed by atoms with Crippen LogP contribution in [-0.2, 0) is 6.18 Å². The van der Waals surface area contributed by atoms with Gasteiger partial charge in [0.05, 0.1) is 23.6 Å². The number of anilines is 3. The summed E-state index contributed by atoms with van der Waals surface area (Å²) in [6.07, 6.45) is -3.61. The van der Waals surface area contributed by atoms with Gasteiger partial charge in [0, 0.05) is 31.4 Å². The van der Waals surface area contributed by atoms with Crippen molar-refractivity contribution in [3.63, 3.8) is 0 Å². The lowest BCUT2D eigenvalue weighted by atomic mass is 10.1. The molecule has 3 heterocycles. The molecule has 1 aliphatic heterocycles. The first-order valence-corrected chi connectivity index (χ1v) is 12.0. The Labute approximate surface area is 216 Å². The number of nitrogens with one attached hydrogen (secondary N) is 1. The minimum Gasteiger partial charge on any atom is -0.461 e. The molecule has 1 aromatic carbocycles. The van der Waals surface area contributed by atoms with Gasteiger partial charge in [-0.25, -0.2) is 14.8 Å². The van der Waals surface area contributed by atoms with E-state index in [0.717, 1.165) is 12.1 Å². The van der Waals surface area contributed by atoms with Gasteiger partial charge < -0.3 is 19.8 Å². The van der Waals surface area contributed by atoms with Gasteiger partial charge >= 0.3 is 18.2 Å². The molecule has 4 rings (SSSR count). The molecule has 0 radical (unpaired) electrons. The largest absolute Gasteiger partial charge is 0.461 e. The lowest BCUT2D eigenvalue weighted by Gasteiger charge is -2.25. The number of carbonyl (C=O) groups excluding carboxylic acids is 1. The van der Waals surface area contributed by atoms with E-state index in [1.807, 2.05) is 6.92 Å². The van der Waals surface area contributed by atoms with E-state index in [1.165, 1.54) is 23.2 Å². The molecule has 0 unspecified atom stereocenters. The third kappa shape index (κ3) is 6.29. The minimum atomic E-state index is -4.50. The molecule has 0 bridgehead atoms. The zero-order valence-electron chi connectivity index (χ0n) is 20.5. The quantitative estimate of drug-likeness (QED) is 0.422. The molecule has 2 amide bonds. The van der Waals surface area contributed by atoms with E-state index in [2.05, 4.69) is 25.2 Å². The van der Waals surface area contributed by atoms with Gasteiger partial charge in [0.2, 0.25) is 0 Å². The summed E-state index contributed by atoms with van der Waals surface area (Å²) in [7, 11) is 0. The maximum absolute atomic E-state index is 13.4. The molecular formula is C25H27F3N6O4. The van der Waals surface area contributed by atoms with Gasteiger partial charge in [0.1, 0.15) is 18.5 Å². The molecule has 1 atom stereocenters. The summed E-state index contributed by atoms with van der Waals surface area (Å²) < 4.78 is 45.1. The number of hydrogen-bond acceptors (Lipinski definition) is 8. The van der Waals surface area contributed by atoms with Gasteiger partial charge in [-0.15, -0.1) is 0 Å². The van der Waals surface area contributed by atoms with Crippen molar-refractivity contribution in [2.24, 2.45) is 0 Å². The minimum absolute atomic E-state index is 0.103. The number of aromatic nitrogens is 3. The predicted octanol–water partition coefficient (Wildman–Crippen LogP) is 3.56. The number of halogens is 3. The van der Waals surface area contributed by atoms with Crippen LogP contribution >= 0.6 is 0 Å². The van der Waals surface area contributed by atoms with E-state index in [-0.39, 0.29) is 24.0 Å². The Balaban J connectivity index is 1.64. The van der Waals surface area contributed by atoms with Crippen molar-refractivity contribution in [2.45, 2.75) is 25.6 Å². The molecule has 38 heavy (non-hydrogen) atoms. The standard InChI is InChI=1S/C25H27F3N6O4/c1-2-33-11-4-12-34(24(37)32-21-9-10-29-23(31-21)38-15-18(36)14-35)22-20(33)8-7-19(30-22)16-5-3-6-17(13-16)25(26,27)28/h3,5-10,13,18,35-36H,2,4,11-12,14-15H2,1H3,(H,29,31,32,37)/t18-/m1/s1. The highest BCUT2D eigenvalue weighted by Gasteiger charge is 2.31. The van der Waals surface area contributed by atoms with Crippen molar-refractivity contribution in [3.8, 4) is 17.3 Å². The summed E-state index contributed by atoms with van der Waals surface area (Å²) in [6, 6.07) is 9.10. The van der Waals surface area contributed by atoms with Gasteiger partial charge in [-0.1, -0.05) is 12.1 Å². The second kappa shape index (κ2) is 11.6. The smallest absolute Gasteiger partial charge is 0.416 e. The second-order valence-corrected chi connectivity index (χ2v) is 8.50. The van der Waals surface area contributed by atoms with Gasteiger partial charge in [-0.3, -0.25) is 10.2 Å². The van der Waals surface area contributed by atoms with Crippen molar-refractivity contribution in [3.05, 3.63) is 54.2 Å². The van der Waals surface area contributed by atoms with Crippen molar-refractivity contribution >= 4 is 23.4 Å². The number of rotatable bonds is 7. The van der Waals surface area contributed by atoms with Crippen LogP contribution in [0.15, 0.2) is 48.7 Å². The van der Waals surface area contributed by atoms with Crippen molar-refractivity contribution in [1.82, 2.24) is 15.0 Å². The fourth-order valence-corrected chi connectivity index (χ4v) is 3.95. The van der Waals surface area contributed by atoms with Crippen LogP contribution in [0.4, 0.5) is 35.3 Å². The Kier molecular flexibility index (Phi) is 8.27. The molecule has 0 aliphatic carbocycles. The van der Waals surface area contributed by atoms with Gasteiger partial charge in [-0.05, 0) is 43.7 Å². The summed E-state index contributed by atoms with van der Waals surface area (Å²) in [5.74, 6) is 0.444. The van der Waals surface area contributed by atoms with Gasteiger partial charge in [0.25, 0.3) is 0 Å². The van der Waals surface area contributed by atoms with E-state index in [9.17, 15) is 23.1 Å². The first-order chi connectivity index (χ1) is 18.2. The number of pyridine rings is 1. The maximum Gasteiger partial charge on any atom is 0.416 e. The number of benzene rings is 1. The molecule has 10 nitrogen and oxygen atoms in total. The third-order valence-electron chi connectivity index (χ3n) is 5.86. The normalized spacial score (nSPS) is 14.5. The second-order valence-electron chi connectivity index (χ2n) is 8.50. The topological polar surface area (TPSA) is 124 Å². The fourth-order valence-electron chi connectivity index (χ4n) is 3.95. The van der Waals surface area contributed by atoms with E-state index in [1.54, 1.807) is 18.2 Å². The number of aliphatic hydroxyl groups is 2. The van der Waals surface area contributed by atoms with E-state index in [0.29, 0.717) is 43.3 Å². The van der Waals surface area contributed by atoms with Crippen LogP contribution in [0, 0.1) is 0 Å². The average Bonchev–Trinajstić information content (AvgIpc) is 3.10. The summed E-state index contributed by atoms with van der Waals surface area (Å²) in [5.41, 5.74) is 0.467. The average molecular weight is 533 g/mol. The van der Waals surface area contributed by atoms with Crippen LogP contribution in [0.25, 0.3) is 11.3 Å². The molecule has 2 aromatic heterocycles. The highest BCUT2D eigenvalue weighted by molar-refractivity contribution is 6.03. The summed E-state index contributed by atoms with van der Waals surface area (Å²) >= 11 is 0. The number of hydrogen-bond donors (Lipinski definition) is 3. The van der Waals surface area contributed by atoms with Crippen LogP contribution in [-0.4, -0.2) is 70.1 Å². The van der Waals surface area contributed by atoms with Crippen LogP contribution < -0.4 is 19.9 Å². The van der Waals surface area contributed by atoms with Crippen LogP contribution in [0.3, 0.4) is 0 Å². The Bertz CT molecular complexity index is 1280. The van der Waals surface area contributed by atoms with Gasteiger partial charge in [-0.2, -0.15) is 18.2 Å². The molecule has 3 aromatic rings. The Hall–Kier alpha value is -3.97. The van der Waals surface area contributed by atoms with Crippen molar-refractivity contribution < 1.29 is 32.9 Å². The predicted molar refractivity (Wildman–Crippen MR) is 134 cm³/mol. The molecule has 0 saturated carbocycles. The van der Waals surface area contributed by atoms with Crippen LogP contribution in [0.1, 0.15) is 18.9 Å². The van der Waals surface area contributed by atoms with Crippen molar-refractivity contribution in [2.75, 3.05) is 48.0 Å². The molecule has 0 spiro atoms. The molecular weight excluding hydrogens is 505 g/mol. The van der Waals surface area contributed by atoms with Gasteiger partial charge in [0.15, 0.2) is 5.82 Å². The van der Waals surface area contributed by atoms with Crippen LogP contribution in [0.5, 0.6) is 6.01 Å². The molecule has 202 valence electrons. The Morgan fingerprint density at radius 2 is 2.00 bits per heavy atom. The number of alkyl halides is 3. The number of nitrogens with zero attached hydrogens (tertiary/aromatic N) is 5. The number of aliphatic hydroxyl groups excluding tert-OH is 2. The lowest BCUT2D eigenvalue weighted by Crippen LogP contribution is -2.36. The first kappa shape index (κ1) is 27.1. The zero-order chi connectivity index (χ0) is 27.3. The monoisotopic (exact) mass is 532 g/mol. The summed E-state index contributed by atoms with van der Waals surface area (Å²) in [6.45, 7) is 2.87. The molecule has 3 N–H and O–H groups in total. The fraction of sp³-hybridized carbons (Fsp3) is 0.360. The van der Waals surface area contributed by atoms with Crippen molar-refractivity contribution in [1.29, 1.82) is 0 Å². The molecule has 1 aliphatic rings. The first-order valence-electron chi connectivity index (χ1n) is 12.0. The molecule has 0 fully saturated rings. The van der Waals surface area contributed by atoms with E-state index in [4.69, 9.17) is 9.84 Å².